The highest BCUT2D eigenvalue weighted by Crippen LogP contribution is 2.57. The Morgan fingerprint density at radius 2 is 1.86 bits per heavy atom. The third kappa shape index (κ3) is 6.05. The first-order valence-electron chi connectivity index (χ1n) is 13.9. The van der Waals surface area contributed by atoms with Crippen molar-refractivity contribution >= 4 is 30.5 Å². The summed E-state index contributed by atoms with van der Waals surface area (Å²) in [4.78, 5) is 5.17. The second-order valence-corrected chi connectivity index (χ2v) is 21.4. The van der Waals surface area contributed by atoms with E-state index in [1.54, 1.807) is 0 Å². The summed E-state index contributed by atoms with van der Waals surface area (Å²) in [6.07, 6.45) is 6.20. The maximum Gasteiger partial charge on any atom is 0.136 e. The van der Waals surface area contributed by atoms with E-state index in [9.17, 15) is 4.55 Å². The lowest BCUT2D eigenvalue weighted by molar-refractivity contribution is 0.0858. The van der Waals surface area contributed by atoms with E-state index in [1.165, 1.54) is 37.7 Å². The zero-order valence-corrected chi connectivity index (χ0v) is 24.9. The van der Waals surface area contributed by atoms with Crippen LogP contribution in [0.3, 0.4) is 0 Å². The normalized spacial score (nSPS) is 26.7. The van der Waals surface area contributed by atoms with Gasteiger partial charge in [-0.25, -0.2) is 4.98 Å². The minimum Gasteiger partial charge on any atom is -0.598 e. The molecule has 1 unspecified atom stereocenters. The van der Waals surface area contributed by atoms with Gasteiger partial charge in [-0.1, -0.05) is 25.7 Å². The summed E-state index contributed by atoms with van der Waals surface area (Å²) in [7, 11) is -1.18. The second-order valence-electron chi connectivity index (χ2n) is 13.8. The first-order chi connectivity index (χ1) is 16.9. The van der Waals surface area contributed by atoms with Crippen LogP contribution < -0.4 is 10.5 Å². The number of aromatic nitrogens is 2. The fourth-order valence-electron chi connectivity index (χ4n) is 5.69. The summed E-state index contributed by atoms with van der Waals surface area (Å²) in [6, 6.07) is 7.68. The number of nitrogens with zero attached hydrogens (tertiary/aromatic N) is 2. The molecule has 1 aromatic carbocycles. The zero-order chi connectivity index (χ0) is 25.8. The van der Waals surface area contributed by atoms with Crippen LogP contribution >= 0.6 is 0 Å². The number of rotatable bonds is 11. The summed E-state index contributed by atoms with van der Waals surface area (Å²) >= 11 is -1.18. The number of hydrogen-bond donors (Lipinski definition) is 2. The molecule has 3 aliphatic rings. The van der Waals surface area contributed by atoms with E-state index in [2.05, 4.69) is 47.1 Å². The molecule has 200 valence electrons. The van der Waals surface area contributed by atoms with E-state index < -0.39 is 19.4 Å². The number of benzene rings is 1. The SMILES string of the molecule is CC(C)(C)[S@@+]([O-])N[C@H](c1nc2ccc([C@H](N)C3CC3)cc2n1COCC[Si](C)(C)C)C1C[C@@H]2C[C@@H]2C1. The Morgan fingerprint density at radius 1 is 1.17 bits per heavy atom. The van der Waals surface area contributed by atoms with Crippen LogP contribution in [0.25, 0.3) is 11.0 Å². The lowest BCUT2D eigenvalue weighted by Gasteiger charge is -2.31. The van der Waals surface area contributed by atoms with Crippen LogP contribution in [0.2, 0.25) is 25.7 Å². The lowest BCUT2D eigenvalue weighted by Crippen LogP contribution is -2.44. The van der Waals surface area contributed by atoms with Crippen molar-refractivity contribution < 1.29 is 9.29 Å². The van der Waals surface area contributed by atoms with Gasteiger partial charge < -0.3 is 19.6 Å². The number of hydrogen-bond acceptors (Lipinski definition) is 5. The topological polar surface area (TPSA) is 88.2 Å². The average Bonchev–Trinajstić information content (AvgIpc) is 3.71. The standard InChI is InChI=1S/C28H46N4O2SSi/c1-28(2,3)35(33)31-26(22-14-20-13-21(20)15-22)27-30-23-10-9-19(25(29)18-7-8-18)16-24(23)32(27)17-34-11-12-36(4,5)6/h9-10,16,18,20-22,25-26,31H,7-8,11-15,17,29H2,1-6H3/t20-,21+,22?,25-,26+,35-/m1/s1. The first kappa shape index (κ1) is 26.7. The van der Waals surface area contributed by atoms with Gasteiger partial charge in [0.2, 0.25) is 0 Å². The molecule has 0 spiro atoms. The second kappa shape index (κ2) is 10.0. The highest BCUT2D eigenvalue weighted by molar-refractivity contribution is 7.90. The lowest BCUT2D eigenvalue weighted by atomic mass is 9.94. The van der Waals surface area contributed by atoms with Crippen LogP contribution in [0, 0.1) is 23.7 Å². The van der Waals surface area contributed by atoms with Crippen molar-refractivity contribution in [2.45, 2.75) is 102 Å². The smallest absolute Gasteiger partial charge is 0.136 e. The van der Waals surface area contributed by atoms with Crippen LogP contribution in [0.4, 0.5) is 0 Å². The molecule has 6 atom stereocenters. The molecule has 0 amide bonds. The Balaban J connectivity index is 1.50. The van der Waals surface area contributed by atoms with Gasteiger partial charge >= 0.3 is 0 Å². The molecule has 0 bridgehead atoms. The molecule has 3 N–H and O–H groups in total. The van der Waals surface area contributed by atoms with E-state index >= 15 is 0 Å². The molecule has 0 aliphatic heterocycles. The summed E-state index contributed by atoms with van der Waals surface area (Å²) in [5.74, 6) is 3.71. The molecule has 2 aromatic rings. The van der Waals surface area contributed by atoms with Crippen LogP contribution in [0.1, 0.15) is 76.3 Å². The van der Waals surface area contributed by atoms with Crippen molar-refractivity contribution in [3.8, 4) is 0 Å². The monoisotopic (exact) mass is 530 g/mol. The van der Waals surface area contributed by atoms with E-state index in [-0.39, 0.29) is 16.8 Å². The number of fused-ring (bicyclic) bond motifs is 2. The average molecular weight is 531 g/mol. The minimum absolute atomic E-state index is 0.0496. The number of imidazole rings is 1. The maximum absolute atomic E-state index is 13.3. The molecule has 8 heteroatoms. The van der Waals surface area contributed by atoms with Gasteiger partial charge in [-0.2, -0.15) is 0 Å². The Morgan fingerprint density at radius 3 is 2.47 bits per heavy atom. The molecule has 5 rings (SSSR count). The fraction of sp³-hybridized carbons (Fsp3) is 0.750. The van der Waals surface area contributed by atoms with Gasteiger partial charge in [0.15, 0.2) is 0 Å². The Hall–Kier alpha value is -0.903. The molecule has 36 heavy (non-hydrogen) atoms. The van der Waals surface area contributed by atoms with Crippen molar-refractivity contribution in [2.75, 3.05) is 6.61 Å². The molecule has 3 fully saturated rings. The predicted octanol–water partition coefficient (Wildman–Crippen LogP) is 5.90. The molecule has 0 saturated heterocycles. The Bertz CT molecular complexity index is 1060. The van der Waals surface area contributed by atoms with Gasteiger partial charge in [-0.15, -0.1) is 4.72 Å². The van der Waals surface area contributed by atoms with Gasteiger partial charge in [-0.3, -0.25) is 0 Å². The van der Waals surface area contributed by atoms with E-state index in [0.29, 0.717) is 18.6 Å². The summed E-state index contributed by atoms with van der Waals surface area (Å²) < 4.78 is 25.1. The van der Waals surface area contributed by atoms with Gasteiger partial charge in [0.25, 0.3) is 0 Å². The number of nitrogens with two attached hydrogens (primary N) is 1. The van der Waals surface area contributed by atoms with Crippen LogP contribution in [0.15, 0.2) is 18.2 Å². The Labute approximate surface area is 221 Å². The van der Waals surface area contributed by atoms with Crippen molar-refractivity contribution in [1.82, 2.24) is 14.3 Å². The molecule has 3 saturated carbocycles. The van der Waals surface area contributed by atoms with Crippen LogP contribution in [-0.2, 0) is 22.8 Å². The van der Waals surface area contributed by atoms with E-state index in [4.69, 9.17) is 15.5 Å². The van der Waals surface area contributed by atoms with Gasteiger partial charge in [-0.05, 0) is 100 Å². The quantitative estimate of drug-likeness (QED) is 0.215. The largest absolute Gasteiger partial charge is 0.598 e. The van der Waals surface area contributed by atoms with Crippen LogP contribution in [0.5, 0.6) is 0 Å². The van der Waals surface area contributed by atoms with Gasteiger partial charge in [0, 0.05) is 32.1 Å². The van der Waals surface area contributed by atoms with E-state index in [1.807, 2.05) is 20.8 Å². The third-order valence-electron chi connectivity index (χ3n) is 8.35. The molecule has 3 aliphatic carbocycles. The van der Waals surface area contributed by atoms with Crippen molar-refractivity contribution in [2.24, 2.45) is 29.4 Å². The molecule has 6 nitrogen and oxygen atoms in total. The van der Waals surface area contributed by atoms with Gasteiger partial charge in [0.05, 0.1) is 11.0 Å². The number of nitrogens with one attached hydrogen (secondary N) is 1. The predicted molar refractivity (Wildman–Crippen MR) is 152 cm³/mol. The van der Waals surface area contributed by atoms with Crippen LogP contribution in [-0.4, -0.2) is 33.5 Å². The summed E-state index contributed by atoms with van der Waals surface area (Å²) in [6.45, 7) is 14.5. The van der Waals surface area contributed by atoms with E-state index in [0.717, 1.165) is 41.3 Å². The first-order valence-corrected chi connectivity index (χ1v) is 18.8. The highest BCUT2D eigenvalue weighted by atomic mass is 32.2. The van der Waals surface area contributed by atoms with Crippen molar-refractivity contribution in [3.05, 3.63) is 29.6 Å². The zero-order valence-electron chi connectivity index (χ0n) is 23.0. The molecule has 1 aromatic heterocycles. The van der Waals surface area contributed by atoms with Gasteiger partial charge in [0.1, 0.15) is 23.3 Å². The number of ether oxygens (including phenoxy) is 1. The molecule has 0 radical (unpaired) electrons. The van der Waals surface area contributed by atoms with Crippen molar-refractivity contribution in [3.63, 3.8) is 0 Å². The fourth-order valence-corrected chi connectivity index (χ4v) is 7.32. The summed E-state index contributed by atoms with van der Waals surface area (Å²) in [5.41, 5.74) is 9.85. The highest BCUT2D eigenvalue weighted by Gasteiger charge is 2.50. The minimum atomic E-state index is -1.18. The molecular formula is C28H46N4O2SSi. The molecular weight excluding hydrogens is 484 g/mol. The Kier molecular flexibility index (Phi) is 7.42. The third-order valence-corrected chi connectivity index (χ3v) is 11.6. The van der Waals surface area contributed by atoms with Crippen molar-refractivity contribution in [1.29, 1.82) is 0 Å². The molecule has 1 heterocycles. The summed E-state index contributed by atoms with van der Waals surface area (Å²) in [5, 5.41) is 0. The maximum atomic E-state index is 13.3.